The number of benzene rings is 1. The number of hydrogen-bond acceptors (Lipinski definition) is 3. The van der Waals surface area contributed by atoms with Crippen molar-refractivity contribution in [2.45, 2.75) is 45.6 Å². The van der Waals surface area contributed by atoms with Gasteiger partial charge in [-0.2, -0.15) is 0 Å². The summed E-state index contributed by atoms with van der Waals surface area (Å²) in [5, 5.41) is 0. The van der Waals surface area contributed by atoms with Gasteiger partial charge in [0.1, 0.15) is 5.75 Å². The van der Waals surface area contributed by atoms with Gasteiger partial charge in [0.15, 0.2) is 0 Å². The topological polar surface area (TPSA) is 53.1 Å². The molecule has 0 atom stereocenters. The van der Waals surface area contributed by atoms with E-state index < -0.39 is 0 Å². The number of ether oxygens (including phenoxy) is 1. The Balaban J connectivity index is 2.01. The predicted molar refractivity (Wildman–Crippen MR) is 80.4 cm³/mol. The molecule has 2 N–H and O–H groups in total. The third-order valence-electron chi connectivity index (χ3n) is 3.59. The lowest BCUT2D eigenvalue weighted by Gasteiger charge is -2.16. The average molecular weight is 271 g/mol. The van der Waals surface area contributed by atoms with E-state index in [2.05, 4.69) is 9.55 Å². The summed E-state index contributed by atoms with van der Waals surface area (Å²) in [6.07, 6.45) is 6.69. The highest BCUT2D eigenvalue weighted by Gasteiger charge is 2.16. The Morgan fingerprint density at radius 2 is 2.00 bits per heavy atom. The normalized spacial score (nSPS) is 14.3. The van der Waals surface area contributed by atoms with Gasteiger partial charge in [-0.15, -0.1) is 0 Å². The first-order chi connectivity index (χ1) is 9.63. The van der Waals surface area contributed by atoms with Gasteiger partial charge in [0.2, 0.25) is 0 Å². The summed E-state index contributed by atoms with van der Waals surface area (Å²) < 4.78 is 7.91. The molecular weight excluding hydrogens is 250 g/mol. The van der Waals surface area contributed by atoms with Crippen LogP contribution in [0.4, 0.5) is 5.69 Å². The smallest absolute Gasteiger partial charge is 0.123 e. The second-order valence-electron chi connectivity index (χ2n) is 5.64. The Hall–Kier alpha value is -1.97. The molecule has 0 saturated carbocycles. The molecule has 0 radical (unpaired) electrons. The lowest BCUT2D eigenvalue weighted by atomic mass is 10.0. The molecule has 0 fully saturated rings. The molecule has 2 aromatic rings. The molecule has 20 heavy (non-hydrogen) atoms. The van der Waals surface area contributed by atoms with Gasteiger partial charge in [0, 0.05) is 23.5 Å². The Morgan fingerprint density at radius 3 is 2.80 bits per heavy atom. The molecule has 1 aromatic carbocycles. The van der Waals surface area contributed by atoms with Gasteiger partial charge in [-0.3, -0.25) is 0 Å². The van der Waals surface area contributed by atoms with Crippen LogP contribution in [0, 0.1) is 0 Å². The largest absolute Gasteiger partial charge is 0.491 e. The predicted octanol–water partition coefficient (Wildman–Crippen LogP) is 3.12. The summed E-state index contributed by atoms with van der Waals surface area (Å²) in [6.45, 7) is 4.03. The minimum atomic E-state index is 0.140. The minimum Gasteiger partial charge on any atom is -0.491 e. The van der Waals surface area contributed by atoms with Crippen LogP contribution in [0.1, 0.15) is 38.1 Å². The number of hydrogen-bond donors (Lipinski definition) is 1. The molecule has 1 aliphatic rings. The first-order valence-corrected chi connectivity index (χ1v) is 7.26. The van der Waals surface area contributed by atoms with E-state index in [0.717, 1.165) is 30.0 Å². The lowest BCUT2D eigenvalue weighted by Crippen LogP contribution is -2.09. The first-order valence-electron chi connectivity index (χ1n) is 7.26. The fraction of sp³-hybridized carbons (Fsp3) is 0.438. The maximum absolute atomic E-state index is 6.00. The fourth-order valence-electron chi connectivity index (χ4n) is 2.78. The Bertz CT molecular complexity index is 616. The van der Waals surface area contributed by atoms with Crippen LogP contribution in [0.5, 0.6) is 5.75 Å². The highest BCUT2D eigenvalue weighted by molar-refractivity contribution is 5.54. The Morgan fingerprint density at radius 1 is 1.20 bits per heavy atom. The number of nitrogens with zero attached hydrogens (tertiary/aromatic N) is 2. The maximum Gasteiger partial charge on any atom is 0.123 e. The quantitative estimate of drug-likeness (QED) is 0.873. The van der Waals surface area contributed by atoms with Gasteiger partial charge < -0.3 is 15.0 Å². The van der Waals surface area contributed by atoms with Crippen molar-refractivity contribution in [1.82, 2.24) is 9.55 Å². The second-order valence-corrected chi connectivity index (χ2v) is 5.64. The third-order valence-corrected chi connectivity index (χ3v) is 3.59. The van der Waals surface area contributed by atoms with Gasteiger partial charge in [-0.05, 0) is 45.6 Å². The molecule has 0 spiro atoms. The summed E-state index contributed by atoms with van der Waals surface area (Å²) in [5.41, 5.74) is 10.3. The molecule has 4 nitrogen and oxygen atoms in total. The summed E-state index contributed by atoms with van der Waals surface area (Å²) in [7, 11) is 0. The highest BCUT2D eigenvalue weighted by Crippen LogP contribution is 2.27. The molecule has 0 amide bonds. The van der Waals surface area contributed by atoms with Crippen molar-refractivity contribution < 1.29 is 4.74 Å². The van der Waals surface area contributed by atoms with Crippen molar-refractivity contribution in [3.8, 4) is 11.4 Å². The van der Waals surface area contributed by atoms with Gasteiger partial charge in [-0.25, -0.2) is 4.98 Å². The van der Waals surface area contributed by atoms with Gasteiger partial charge in [-0.1, -0.05) is 0 Å². The monoisotopic (exact) mass is 271 g/mol. The number of imidazole rings is 1. The average Bonchev–Trinajstić information content (AvgIpc) is 2.80. The highest BCUT2D eigenvalue weighted by atomic mass is 16.5. The van der Waals surface area contributed by atoms with E-state index in [-0.39, 0.29) is 6.10 Å². The van der Waals surface area contributed by atoms with E-state index in [1.54, 1.807) is 0 Å². The second kappa shape index (κ2) is 5.19. The summed E-state index contributed by atoms with van der Waals surface area (Å²) in [6, 6.07) is 5.88. The van der Waals surface area contributed by atoms with Crippen molar-refractivity contribution >= 4 is 5.69 Å². The van der Waals surface area contributed by atoms with E-state index in [9.17, 15) is 0 Å². The molecule has 1 aromatic heterocycles. The van der Waals surface area contributed by atoms with Gasteiger partial charge in [0.05, 0.1) is 23.8 Å². The van der Waals surface area contributed by atoms with E-state index in [1.165, 1.54) is 24.2 Å². The molecule has 0 bridgehead atoms. The molecule has 0 unspecified atom stereocenters. The summed E-state index contributed by atoms with van der Waals surface area (Å²) >= 11 is 0. The van der Waals surface area contributed by atoms with E-state index >= 15 is 0 Å². The van der Waals surface area contributed by atoms with Crippen molar-refractivity contribution in [3.63, 3.8) is 0 Å². The zero-order chi connectivity index (χ0) is 14.1. The number of rotatable bonds is 3. The van der Waals surface area contributed by atoms with Crippen LogP contribution in [-0.4, -0.2) is 15.7 Å². The van der Waals surface area contributed by atoms with Crippen molar-refractivity contribution in [2.75, 3.05) is 5.73 Å². The summed E-state index contributed by atoms with van der Waals surface area (Å²) in [5.74, 6) is 0.813. The maximum atomic E-state index is 6.00. The van der Waals surface area contributed by atoms with Crippen LogP contribution in [0.3, 0.4) is 0 Å². The van der Waals surface area contributed by atoms with Crippen molar-refractivity contribution in [2.24, 2.45) is 0 Å². The SMILES string of the molecule is CC(C)Oc1cc(N)cc(-n2cnc3c2CCCC3)c1. The van der Waals surface area contributed by atoms with Crippen LogP contribution in [-0.2, 0) is 12.8 Å². The van der Waals surface area contributed by atoms with Crippen LogP contribution in [0.15, 0.2) is 24.5 Å². The molecular formula is C16H21N3O. The minimum absolute atomic E-state index is 0.140. The van der Waals surface area contributed by atoms with Gasteiger partial charge in [0.25, 0.3) is 0 Å². The molecule has 0 aliphatic heterocycles. The van der Waals surface area contributed by atoms with Crippen LogP contribution >= 0.6 is 0 Å². The molecule has 1 heterocycles. The number of aryl methyl sites for hydroxylation is 1. The van der Waals surface area contributed by atoms with Crippen LogP contribution < -0.4 is 10.5 Å². The first kappa shape index (κ1) is 13.0. The molecule has 4 heteroatoms. The number of nitrogens with two attached hydrogens (primary N) is 1. The van der Waals surface area contributed by atoms with E-state index in [4.69, 9.17) is 10.5 Å². The number of nitrogen functional groups attached to an aromatic ring is 1. The number of aromatic nitrogens is 2. The Kier molecular flexibility index (Phi) is 3.38. The van der Waals surface area contributed by atoms with E-state index in [0.29, 0.717) is 0 Å². The van der Waals surface area contributed by atoms with Gasteiger partial charge >= 0.3 is 0 Å². The van der Waals surface area contributed by atoms with Crippen LogP contribution in [0.2, 0.25) is 0 Å². The summed E-state index contributed by atoms with van der Waals surface area (Å²) in [4.78, 5) is 4.53. The molecule has 0 saturated heterocycles. The number of fused-ring (bicyclic) bond motifs is 1. The van der Waals surface area contributed by atoms with Crippen LogP contribution in [0.25, 0.3) is 5.69 Å². The number of anilines is 1. The molecule has 106 valence electrons. The zero-order valence-electron chi connectivity index (χ0n) is 12.1. The molecule has 1 aliphatic carbocycles. The fourth-order valence-corrected chi connectivity index (χ4v) is 2.78. The van der Waals surface area contributed by atoms with E-state index in [1.807, 2.05) is 38.4 Å². The molecule has 3 rings (SSSR count). The lowest BCUT2D eigenvalue weighted by molar-refractivity contribution is 0.242. The third kappa shape index (κ3) is 2.50. The van der Waals surface area contributed by atoms with Crippen molar-refractivity contribution in [3.05, 3.63) is 35.9 Å². The standard InChI is InChI=1S/C16H21N3O/c1-11(2)20-14-8-12(17)7-13(9-14)19-10-18-15-5-3-4-6-16(15)19/h7-11H,3-6,17H2,1-2H3. The van der Waals surface area contributed by atoms with Crippen molar-refractivity contribution in [1.29, 1.82) is 0 Å². The zero-order valence-corrected chi connectivity index (χ0v) is 12.1. The Labute approximate surface area is 119 Å².